The molecule has 5 nitrogen and oxygen atoms in total. The van der Waals surface area contributed by atoms with Crippen molar-refractivity contribution >= 4 is 118 Å². The number of hydrogen-bond donors (Lipinski definition) is 3. The van der Waals surface area contributed by atoms with Gasteiger partial charge in [-0.2, -0.15) is 0 Å². The summed E-state index contributed by atoms with van der Waals surface area (Å²) in [5.74, 6) is -7.04. The Bertz CT molecular complexity index is 1440. The van der Waals surface area contributed by atoms with Crippen LogP contribution in [0.5, 0.6) is 11.5 Å². The lowest BCUT2D eigenvalue weighted by atomic mass is 9.92. The Labute approximate surface area is 231 Å². The highest BCUT2D eigenvalue weighted by atomic mass is 127. The predicted octanol–water partition coefficient (Wildman–Crippen LogP) is 7.48. The van der Waals surface area contributed by atoms with E-state index < -0.39 is 34.5 Å². The van der Waals surface area contributed by atoms with Gasteiger partial charge in [0, 0.05) is 11.1 Å². The van der Waals surface area contributed by atoms with Gasteiger partial charge < -0.3 is 15.3 Å². The van der Waals surface area contributed by atoms with E-state index in [1.165, 1.54) is 12.1 Å². The van der Waals surface area contributed by atoms with E-state index in [-0.39, 0.29) is 46.1 Å². The first kappa shape index (κ1) is 24.2. The second kappa shape index (κ2) is 8.71. The topological polar surface area (TPSA) is 89.1 Å². The Hall–Kier alpha value is -0.890. The van der Waals surface area contributed by atoms with Crippen molar-refractivity contribution in [3.05, 3.63) is 55.5 Å². The third-order valence-electron chi connectivity index (χ3n) is 4.68. The molecule has 0 spiro atoms. The molecule has 1 heterocycles. The fraction of sp³-hybridized carbons (Fsp3) is 0. The van der Waals surface area contributed by atoms with Gasteiger partial charge in [-0.3, -0.25) is 0 Å². The summed E-state index contributed by atoms with van der Waals surface area (Å²) in [7, 11) is 0. The van der Waals surface area contributed by atoms with Crippen LogP contribution in [0.25, 0.3) is 33.1 Å². The average Bonchev–Trinajstić information content (AvgIpc) is 2.74. The number of carbonyl (C=O) groups is 1. The number of phenols is 2. The fourth-order valence-electron chi connectivity index (χ4n) is 3.28. The number of carboxylic acids is 1. The lowest BCUT2D eigenvalue weighted by molar-refractivity contribution is 0.0696. The molecule has 0 saturated carbocycles. The molecular weight excluding hydrogens is 885 g/mol. The second-order valence-electron chi connectivity index (χ2n) is 6.49. The molecule has 4 rings (SSSR count). The molecular formula is C20H6F3I4O5+. The first-order chi connectivity index (χ1) is 15.0. The minimum Gasteiger partial charge on any atom is -0.505 e. The molecule has 0 aliphatic heterocycles. The summed E-state index contributed by atoms with van der Waals surface area (Å²) in [4.78, 5) is 11.9. The summed E-state index contributed by atoms with van der Waals surface area (Å²) in [6.45, 7) is 0. The molecule has 1 aromatic heterocycles. The molecule has 3 aromatic carbocycles. The molecule has 32 heavy (non-hydrogen) atoms. The van der Waals surface area contributed by atoms with Gasteiger partial charge in [-0.05, 0) is 109 Å². The Balaban J connectivity index is 2.41. The Morgan fingerprint density at radius 1 is 0.781 bits per heavy atom. The molecule has 0 atom stereocenters. The lowest BCUT2D eigenvalue weighted by Crippen LogP contribution is -2.07. The number of benzene rings is 3. The third-order valence-corrected chi connectivity index (χ3v) is 8.33. The van der Waals surface area contributed by atoms with Crippen LogP contribution in [-0.4, -0.2) is 21.3 Å². The smallest absolute Gasteiger partial charge is 0.378 e. The number of hydrogen-bond acceptors (Lipinski definition) is 3. The molecule has 0 unspecified atom stereocenters. The second-order valence-corrected chi connectivity index (χ2v) is 11.0. The van der Waals surface area contributed by atoms with Crippen LogP contribution in [0.1, 0.15) is 10.4 Å². The van der Waals surface area contributed by atoms with Crippen molar-refractivity contribution in [1.82, 2.24) is 0 Å². The van der Waals surface area contributed by atoms with Crippen molar-refractivity contribution in [2.75, 3.05) is 0 Å². The van der Waals surface area contributed by atoms with Crippen molar-refractivity contribution in [1.29, 1.82) is 0 Å². The van der Waals surface area contributed by atoms with Gasteiger partial charge in [0.05, 0.1) is 23.5 Å². The maximum atomic E-state index is 15.2. The first-order valence-electron chi connectivity index (χ1n) is 8.34. The van der Waals surface area contributed by atoms with Crippen molar-refractivity contribution in [2.24, 2.45) is 0 Å². The highest BCUT2D eigenvalue weighted by Gasteiger charge is 2.34. The van der Waals surface area contributed by atoms with E-state index in [0.29, 0.717) is 13.2 Å². The zero-order chi connectivity index (χ0) is 23.6. The quantitative estimate of drug-likeness (QED) is 0.0842. The summed E-state index contributed by atoms with van der Waals surface area (Å²) >= 11 is 7.29. The number of carboxylic acid groups (broad SMARTS) is 1. The highest BCUT2D eigenvalue weighted by Crippen LogP contribution is 2.47. The van der Waals surface area contributed by atoms with E-state index in [2.05, 4.69) is 0 Å². The van der Waals surface area contributed by atoms with Crippen molar-refractivity contribution in [3.63, 3.8) is 0 Å². The standard InChI is InChI=1S/C20H5F3I4O5/c21-7-1-6(20(30)31)11(13(23)12(7)22)10-4-2-8(24)16(28)14(26)18(4)32-19-5(10)3-9(25)17(29)15(19)27/h1-3H,(H2-,28,29,30,31)/p+1. The van der Waals surface area contributed by atoms with Crippen molar-refractivity contribution < 1.29 is 37.7 Å². The van der Waals surface area contributed by atoms with E-state index in [9.17, 15) is 28.9 Å². The maximum Gasteiger partial charge on any atom is 0.378 e. The van der Waals surface area contributed by atoms with Crippen LogP contribution >= 0.6 is 90.4 Å². The number of halogens is 7. The van der Waals surface area contributed by atoms with E-state index in [0.717, 1.165) is 0 Å². The molecule has 12 heteroatoms. The molecule has 0 bridgehead atoms. The van der Waals surface area contributed by atoms with Gasteiger partial charge in [0.15, 0.2) is 36.1 Å². The van der Waals surface area contributed by atoms with Gasteiger partial charge >= 0.3 is 17.1 Å². The Morgan fingerprint density at radius 2 is 1.25 bits per heavy atom. The zero-order valence-electron chi connectivity index (χ0n) is 15.0. The van der Waals surface area contributed by atoms with Crippen molar-refractivity contribution in [2.45, 2.75) is 0 Å². The number of aromatic carboxylic acids is 1. The monoisotopic (exact) mass is 891 g/mol. The molecule has 0 aliphatic rings. The molecule has 0 amide bonds. The van der Waals surface area contributed by atoms with E-state index >= 15 is 4.39 Å². The van der Waals surface area contributed by atoms with Crippen LogP contribution in [-0.2, 0) is 0 Å². The number of rotatable bonds is 2. The third kappa shape index (κ3) is 3.68. The molecule has 3 N–H and O–H groups in total. The molecule has 0 aliphatic carbocycles. The van der Waals surface area contributed by atoms with Gasteiger partial charge in [0.25, 0.3) is 0 Å². The summed E-state index contributed by atoms with van der Waals surface area (Å²) in [6.07, 6.45) is 0. The van der Waals surface area contributed by atoms with Crippen LogP contribution < -0.4 is 0 Å². The number of aromatic hydroxyl groups is 2. The maximum absolute atomic E-state index is 15.2. The summed E-state index contributed by atoms with van der Waals surface area (Å²) in [5.41, 5.74) is -1.40. The molecule has 0 fully saturated rings. The predicted molar refractivity (Wildman–Crippen MR) is 145 cm³/mol. The van der Waals surface area contributed by atoms with Gasteiger partial charge in [-0.25, -0.2) is 22.4 Å². The summed E-state index contributed by atoms with van der Waals surface area (Å²) < 4.78 is 50.5. The van der Waals surface area contributed by atoms with Gasteiger partial charge in [-0.1, -0.05) is 0 Å². The molecule has 4 aromatic rings. The van der Waals surface area contributed by atoms with Crippen LogP contribution in [0, 0.1) is 31.7 Å². The summed E-state index contributed by atoms with van der Waals surface area (Å²) in [6, 6.07) is 3.29. The van der Waals surface area contributed by atoms with Crippen LogP contribution in [0.2, 0.25) is 0 Å². The largest absolute Gasteiger partial charge is 0.505 e. The van der Waals surface area contributed by atoms with E-state index in [1.807, 2.05) is 90.4 Å². The van der Waals surface area contributed by atoms with Gasteiger partial charge in [-0.15, -0.1) is 0 Å². The van der Waals surface area contributed by atoms with Gasteiger partial charge in [0.1, 0.15) is 0 Å². The van der Waals surface area contributed by atoms with Crippen LogP contribution in [0.4, 0.5) is 13.2 Å². The summed E-state index contributed by atoms with van der Waals surface area (Å²) in [5, 5.41) is 30.8. The fourth-order valence-corrected chi connectivity index (χ4v) is 6.85. The SMILES string of the molecule is O=C(O)c1cc(F)c(F)c(F)c1-c1c2cc(I)c(O)c(I)c2[o+]c2c(I)c(O)c(I)cc12. The Kier molecular flexibility index (Phi) is 6.60. The van der Waals surface area contributed by atoms with Crippen molar-refractivity contribution in [3.8, 4) is 22.6 Å². The lowest BCUT2D eigenvalue weighted by Gasteiger charge is -2.13. The number of fused-ring (bicyclic) bond motifs is 2. The molecule has 0 saturated heterocycles. The Morgan fingerprint density at radius 3 is 1.69 bits per heavy atom. The van der Waals surface area contributed by atoms with Gasteiger partial charge in [0.2, 0.25) is 0 Å². The normalized spacial score (nSPS) is 11.5. The van der Waals surface area contributed by atoms with Crippen LogP contribution in [0.15, 0.2) is 22.6 Å². The zero-order valence-corrected chi connectivity index (χ0v) is 23.7. The van der Waals surface area contributed by atoms with E-state index in [4.69, 9.17) is 4.42 Å². The highest BCUT2D eigenvalue weighted by molar-refractivity contribution is 14.1. The molecule has 164 valence electrons. The minimum absolute atomic E-state index is 0.0602. The van der Waals surface area contributed by atoms with E-state index in [1.54, 1.807) is 0 Å². The van der Waals surface area contributed by atoms with Crippen LogP contribution in [0.3, 0.4) is 0 Å². The minimum atomic E-state index is -1.82. The number of phenolic OH excluding ortho intramolecular Hbond substituents is 2. The average molecular weight is 891 g/mol. The molecule has 0 radical (unpaired) electrons. The first-order valence-corrected chi connectivity index (χ1v) is 12.7.